The first-order valence-corrected chi connectivity index (χ1v) is 10.2. The summed E-state index contributed by atoms with van der Waals surface area (Å²) in [4.78, 5) is 4.34. The van der Waals surface area contributed by atoms with Gasteiger partial charge in [-0.25, -0.2) is 0 Å². The monoisotopic (exact) mass is 375 g/mol. The molecule has 3 unspecified atom stereocenters. The molecule has 0 spiro atoms. The molecule has 0 aromatic heterocycles. The largest absolute Gasteiger partial charge is 0.379 e. The van der Waals surface area contributed by atoms with Crippen LogP contribution in [0.3, 0.4) is 0 Å². The number of hydrogen-bond donors (Lipinski definition) is 2. The molecule has 0 bridgehead atoms. The molecule has 0 amide bonds. The molecule has 6 heteroatoms. The van der Waals surface area contributed by atoms with Crippen LogP contribution in [0.2, 0.25) is 0 Å². The predicted octanol–water partition coefficient (Wildman–Crippen LogP) is 2.51. The molecule has 0 aliphatic carbocycles. The summed E-state index contributed by atoms with van der Waals surface area (Å²) in [5.41, 5.74) is 1.26. The molecular weight excluding hydrogens is 342 g/mol. The second kappa shape index (κ2) is 11.3. The van der Waals surface area contributed by atoms with Crippen LogP contribution in [0.1, 0.15) is 37.4 Å². The number of guanidine groups is 1. The van der Waals surface area contributed by atoms with Crippen LogP contribution < -0.4 is 10.6 Å². The van der Waals surface area contributed by atoms with E-state index in [-0.39, 0.29) is 12.2 Å². The molecule has 2 N–H and O–H groups in total. The van der Waals surface area contributed by atoms with E-state index in [0.29, 0.717) is 5.92 Å². The molecule has 2 heterocycles. The highest BCUT2D eigenvalue weighted by molar-refractivity contribution is 5.79. The molecule has 0 radical (unpaired) electrons. The van der Waals surface area contributed by atoms with Crippen molar-refractivity contribution in [3.8, 4) is 0 Å². The van der Waals surface area contributed by atoms with Crippen LogP contribution in [-0.4, -0.2) is 58.6 Å². The second-order valence-electron chi connectivity index (χ2n) is 7.19. The van der Waals surface area contributed by atoms with E-state index in [0.717, 1.165) is 64.7 Å². The number of ether oxygens (including phenoxy) is 3. The van der Waals surface area contributed by atoms with Crippen molar-refractivity contribution in [2.45, 2.75) is 37.9 Å². The third-order valence-electron chi connectivity index (χ3n) is 5.18. The number of aliphatic imine (C=N–C) groups is 1. The lowest BCUT2D eigenvalue weighted by molar-refractivity contribution is -0.0265. The van der Waals surface area contributed by atoms with Crippen LogP contribution in [0, 0.1) is 5.92 Å². The van der Waals surface area contributed by atoms with Crippen molar-refractivity contribution in [2.75, 3.05) is 46.6 Å². The zero-order chi connectivity index (χ0) is 18.7. The summed E-state index contributed by atoms with van der Waals surface area (Å²) in [6, 6.07) is 10.5. The maximum absolute atomic E-state index is 6.08. The number of nitrogens with zero attached hydrogens (tertiary/aromatic N) is 1. The van der Waals surface area contributed by atoms with E-state index in [1.807, 2.05) is 7.05 Å². The Kier molecular flexibility index (Phi) is 8.39. The fraction of sp³-hybridized carbons (Fsp3) is 0.667. The number of hydrogen-bond acceptors (Lipinski definition) is 4. The van der Waals surface area contributed by atoms with Crippen molar-refractivity contribution in [3.05, 3.63) is 35.9 Å². The van der Waals surface area contributed by atoms with Crippen molar-refractivity contribution in [2.24, 2.45) is 10.9 Å². The first-order valence-electron chi connectivity index (χ1n) is 10.2. The Morgan fingerprint density at radius 3 is 2.85 bits per heavy atom. The Hall–Kier alpha value is -1.63. The minimum Gasteiger partial charge on any atom is -0.379 e. The van der Waals surface area contributed by atoms with Gasteiger partial charge in [-0.2, -0.15) is 0 Å². The number of nitrogens with one attached hydrogen (secondary N) is 2. The van der Waals surface area contributed by atoms with Gasteiger partial charge in [0.1, 0.15) is 0 Å². The van der Waals surface area contributed by atoms with Crippen molar-refractivity contribution in [1.82, 2.24) is 10.6 Å². The van der Waals surface area contributed by atoms with Crippen molar-refractivity contribution in [3.63, 3.8) is 0 Å². The molecule has 1 aromatic carbocycles. The lowest BCUT2D eigenvalue weighted by atomic mass is 9.89. The summed E-state index contributed by atoms with van der Waals surface area (Å²) >= 11 is 0. The Bertz CT molecular complexity index is 561. The van der Waals surface area contributed by atoms with Crippen LogP contribution in [0.4, 0.5) is 0 Å². The lowest BCUT2D eigenvalue weighted by Gasteiger charge is -2.32. The molecule has 6 nitrogen and oxygen atoms in total. The van der Waals surface area contributed by atoms with E-state index in [1.54, 1.807) is 0 Å². The predicted molar refractivity (Wildman–Crippen MR) is 107 cm³/mol. The molecule has 27 heavy (non-hydrogen) atoms. The van der Waals surface area contributed by atoms with E-state index >= 15 is 0 Å². The summed E-state index contributed by atoms with van der Waals surface area (Å²) in [6.07, 6.45) is 4.69. The normalized spacial score (nSPS) is 26.1. The fourth-order valence-corrected chi connectivity index (χ4v) is 3.69. The van der Waals surface area contributed by atoms with Crippen LogP contribution in [0.25, 0.3) is 0 Å². The molecule has 0 saturated carbocycles. The fourth-order valence-electron chi connectivity index (χ4n) is 3.69. The Morgan fingerprint density at radius 1 is 1.19 bits per heavy atom. The Labute approximate surface area is 162 Å². The van der Waals surface area contributed by atoms with Crippen LogP contribution >= 0.6 is 0 Å². The maximum Gasteiger partial charge on any atom is 0.190 e. The molecule has 1 aromatic rings. The van der Waals surface area contributed by atoms with Crippen molar-refractivity contribution < 1.29 is 14.2 Å². The molecule has 2 aliphatic heterocycles. The minimum absolute atomic E-state index is 0.160. The standard InChI is InChI=1S/C21H33N3O3/c1-22-21(23-11-6-13-26-19-10-14-25-16-19)24-15-18-9-5-12-27-20(18)17-7-3-2-4-8-17/h2-4,7-8,18-20H,5-6,9-16H2,1H3,(H2,22,23,24). The summed E-state index contributed by atoms with van der Waals surface area (Å²) in [6.45, 7) is 4.86. The van der Waals surface area contributed by atoms with Gasteiger partial charge in [0.25, 0.3) is 0 Å². The molecule has 2 saturated heterocycles. The summed E-state index contributed by atoms with van der Waals surface area (Å²) in [5.74, 6) is 1.29. The van der Waals surface area contributed by atoms with Gasteiger partial charge in [0.2, 0.25) is 0 Å². The van der Waals surface area contributed by atoms with E-state index < -0.39 is 0 Å². The first kappa shape index (κ1) is 20.1. The molecule has 2 fully saturated rings. The highest BCUT2D eigenvalue weighted by Crippen LogP contribution is 2.32. The van der Waals surface area contributed by atoms with Crippen LogP contribution in [-0.2, 0) is 14.2 Å². The van der Waals surface area contributed by atoms with Gasteiger partial charge >= 0.3 is 0 Å². The Morgan fingerprint density at radius 2 is 2.07 bits per heavy atom. The van der Waals surface area contributed by atoms with Crippen LogP contribution in [0.5, 0.6) is 0 Å². The molecule has 150 valence electrons. The number of benzene rings is 1. The first-order chi connectivity index (χ1) is 13.4. The third kappa shape index (κ3) is 6.48. The van der Waals surface area contributed by atoms with E-state index in [9.17, 15) is 0 Å². The van der Waals surface area contributed by atoms with Crippen molar-refractivity contribution in [1.29, 1.82) is 0 Å². The SMILES string of the molecule is CN=C(NCCCOC1CCOC1)NCC1CCCOC1c1ccccc1. The van der Waals surface area contributed by atoms with Gasteiger partial charge in [0, 0.05) is 45.9 Å². The summed E-state index contributed by atoms with van der Waals surface area (Å²) in [7, 11) is 1.81. The van der Waals surface area contributed by atoms with Gasteiger partial charge in [-0.05, 0) is 31.2 Å². The second-order valence-corrected chi connectivity index (χ2v) is 7.19. The molecule has 3 rings (SSSR count). The highest BCUT2D eigenvalue weighted by Gasteiger charge is 2.27. The maximum atomic E-state index is 6.08. The van der Waals surface area contributed by atoms with Gasteiger partial charge in [-0.3, -0.25) is 4.99 Å². The molecular formula is C21H33N3O3. The molecule has 3 atom stereocenters. The van der Waals surface area contributed by atoms with Gasteiger partial charge in [-0.15, -0.1) is 0 Å². The summed E-state index contributed by atoms with van der Waals surface area (Å²) < 4.78 is 17.2. The lowest BCUT2D eigenvalue weighted by Crippen LogP contribution is -2.42. The van der Waals surface area contributed by atoms with E-state index in [4.69, 9.17) is 14.2 Å². The third-order valence-corrected chi connectivity index (χ3v) is 5.18. The zero-order valence-corrected chi connectivity index (χ0v) is 16.4. The van der Waals surface area contributed by atoms with Crippen molar-refractivity contribution >= 4 is 5.96 Å². The Balaban J connectivity index is 1.37. The topological polar surface area (TPSA) is 64.1 Å². The van der Waals surface area contributed by atoms with Gasteiger partial charge < -0.3 is 24.8 Å². The zero-order valence-electron chi connectivity index (χ0n) is 16.4. The van der Waals surface area contributed by atoms with Gasteiger partial charge in [-0.1, -0.05) is 30.3 Å². The van der Waals surface area contributed by atoms with Crippen LogP contribution in [0.15, 0.2) is 35.3 Å². The average Bonchev–Trinajstić information content (AvgIpc) is 3.24. The minimum atomic E-state index is 0.160. The van der Waals surface area contributed by atoms with Gasteiger partial charge in [0.05, 0.1) is 18.8 Å². The van der Waals surface area contributed by atoms with E-state index in [2.05, 4.69) is 46.0 Å². The quantitative estimate of drug-likeness (QED) is 0.415. The van der Waals surface area contributed by atoms with Gasteiger partial charge in [0.15, 0.2) is 5.96 Å². The molecule has 2 aliphatic rings. The smallest absolute Gasteiger partial charge is 0.190 e. The highest BCUT2D eigenvalue weighted by atomic mass is 16.5. The average molecular weight is 376 g/mol. The van der Waals surface area contributed by atoms with E-state index in [1.165, 1.54) is 12.0 Å². The number of rotatable bonds is 8. The summed E-state index contributed by atoms with van der Waals surface area (Å²) in [5, 5.41) is 6.84.